The molecule has 106 valence electrons. The normalized spacial score (nSPS) is 11.0. The lowest BCUT2D eigenvalue weighted by Crippen LogP contribution is -1.84. The minimum Gasteiger partial charge on any atom is -0.461 e. The number of benzene rings is 2. The largest absolute Gasteiger partial charge is 0.461 e. The van der Waals surface area contributed by atoms with Crippen LogP contribution in [0.3, 0.4) is 0 Å². The molecule has 0 aliphatic heterocycles. The third-order valence-electron chi connectivity index (χ3n) is 3.83. The van der Waals surface area contributed by atoms with Gasteiger partial charge in [-0.1, -0.05) is 54.6 Å². The first-order chi connectivity index (χ1) is 10.8. The highest BCUT2D eigenvalue weighted by Gasteiger charge is 2.09. The van der Waals surface area contributed by atoms with Gasteiger partial charge < -0.3 is 4.42 Å². The first kappa shape index (κ1) is 12.8. The second kappa shape index (κ2) is 5.15. The maximum Gasteiger partial charge on any atom is 0.137 e. The third-order valence-corrected chi connectivity index (χ3v) is 3.83. The van der Waals surface area contributed by atoms with E-state index in [2.05, 4.69) is 53.5 Å². The van der Waals surface area contributed by atoms with Crippen molar-refractivity contribution in [2.75, 3.05) is 0 Å². The van der Waals surface area contributed by atoms with Crippen molar-refractivity contribution in [2.24, 2.45) is 0 Å². The summed E-state index contributed by atoms with van der Waals surface area (Å²) in [5.74, 6) is 0.908. The van der Waals surface area contributed by atoms with Crippen molar-refractivity contribution in [2.45, 2.75) is 6.92 Å². The van der Waals surface area contributed by atoms with Crippen LogP contribution in [0, 0.1) is 6.92 Å². The second-order valence-electron chi connectivity index (χ2n) is 5.37. The molecule has 2 heterocycles. The van der Waals surface area contributed by atoms with Gasteiger partial charge in [0, 0.05) is 17.1 Å². The van der Waals surface area contributed by atoms with E-state index in [0.717, 1.165) is 28.0 Å². The Hall–Kier alpha value is -2.87. The van der Waals surface area contributed by atoms with Crippen molar-refractivity contribution in [1.29, 1.82) is 0 Å². The van der Waals surface area contributed by atoms with Crippen LogP contribution in [-0.4, -0.2) is 4.98 Å². The van der Waals surface area contributed by atoms with Gasteiger partial charge in [0.15, 0.2) is 0 Å². The summed E-state index contributed by atoms with van der Waals surface area (Å²) in [6, 6.07) is 22.8. The SMILES string of the molecule is Cc1cc2c(-c3ccc(-c4ccccc4)cc3)nccc2o1. The Morgan fingerprint density at radius 1 is 0.773 bits per heavy atom. The average molecular weight is 285 g/mol. The Morgan fingerprint density at radius 3 is 2.23 bits per heavy atom. The molecule has 0 unspecified atom stereocenters. The first-order valence-electron chi connectivity index (χ1n) is 7.32. The molecule has 2 nitrogen and oxygen atoms in total. The number of furan rings is 1. The number of aryl methyl sites for hydroxylation is 1. The minimum atomic E-state index is 0.884. The van der Waals surface area contributed by atoms with Gasteiger partial charge in [-0.15, -0.1) is 0 Å². The Kier molecular flexibility index (Phi) is 3.01. The van der Waals surface area contributed by atoms with E-state index in [1.54, 1.807) is 6.20 Å². The van der Waals surface area contributed by atoms with E-state index < -0.39 is 0 Å². The van der Waals surface area contributed by atoms with Gasteiger partial charge in [-0.2, -0.15) is 0 Å². The number of hydrogen-bond donors (Lipinski definition) is 0. The molecule has 2 heteroatoms. The van der Waals surface area contributed by atoms with Gasteiger partial charge in [-0.3, -0.25) is 4.98 Å². The van der Waals surface area contributed by atoms with Crippen molar-refractivity contribution >= 4 is 11.0 Å². The summed E-state index contributed by atoms with van der Waals surface area (Å²) >= 11 is 0. The molecule has 0 saturated heterocycles. The summed E-state index contributed by atoms with van der Waals surface area (Å²) in [4.78, 5) is 4.53. The molecule has 0 aliphatic rings. The number of pyridine rings is 1. The average Bonchev–Trinajstić information content (AvgIpc) is 2.96. The topological polar surface area (TPSA) is 26.0 Å². The lowest BCUT2D eigenvalue weighted by Gasteiger charge is -2.05. The zero-order chi connectivity index (χ0) is 14.9. The van der Waals surface area contributed by atoms with E-state index in [4.69, 9.17) is 4.42 Å². The van der Waals surface area contributed by atoms with Crippen LogP contribution in [0.25, 0.3) is 33.4 Å². The summed E-state index contributed by atoms with van der Waals surface area (Å²) < 4.78 is 5.68. The Bertz CT molecular complexity index is 921. The maximum atomic E-state index is 5.68. The van der Waals surface area contributed by atoms with Gasteiger partial charge in [-0.25, -0.2) is 0 Å². The molecular formula is C20H15NO. The lowest BCUT2D eigenvalue weighted by molar-refractivity contribution is 0.578. The summed E-state index contributed by atoms with van der Waals surface area (Å²) in [5, 5.41) is 1.06. The van der Waals surface area contributed by atoms with E-state index in [-0.39, 0.29) is 0 Å². The highest BCUT2D eigenvalue weighted by Crippen LogP contribution is 2.30. The number of nitrogens with zero attached hydrogens (tertiary/aromatic N) is 1. The van der Waals surface area contributed by atoms with E-state index in [1.165, 1.54) is 11.1 Å². The van der Waals surface area contributed by atoms with Gasteiger partial charge >= 0.3 is 0 Å². The number of hydrogen-bond acceptors (Lipinski definition) is 2. The molecule has 22 heavy (non-hydrogen) atoms. The fraction of sp³-hybridized carbons (Fsp3) is 0.0500. The minimum absolute atomic E-state index is 0.884. The van der Waals surface area contributed by atoms with Crippen molar-refractivity contribution in [3.8, 4) is 22.4 Å². The summed E-state index contributed by atoms with van der Waals surface area (Å²) in [6.07, 6.45) is 1.80. The highest BCUT2D eigenvalue weighted by molar-refractivity contribution is 5.92. The summed E-state index contributed by atoms with van der Waals surface area (Å²) in [5.41, 5.74) is 5.38. The fourth-order valence-electron chi connectivity index (χ4n) is 2.77. The van der Waals surface area contributed by atoms with Crippen molar-refractivity contribution in [1.82, 2.24) is 4.98 Å². The van der Waals surface area contributed by atoms with E-state index in [9.17, 15) is 0 Å². The predicted molar refractivity (Wildman–Crippen MR) is 89.6 cm³/mol. The molecule has 4 aromatic rings. The number of aromatic nitrogens is 1. The monoisotopic (exact) mass is 285 g/mol. The quantitative estimate of drug-likeness (QED) is 0.488. The molecule has 0 amide bonds. The molecule has 0 atom stereocenters. The van der Waals surface area contributed by atoms with Crippen molar-refractivity contribution < 1.29 is 4.42 Å². The third kappa shape index (κ3) is 2.19. The van der Waals surface area contributed by atoms with Gasteiger partial charge in [0.2, 0.25) is 0 Å². The number of fused-ring (bicyclic) bond motifs is 1. The summed E-state index contributed by atoms with van der Waals surface area (Å²) in [6.45, 7) is 1.96. The van der Waals surface area contributed by atoms with Crippen molar-refractivity contribution in [3.05, 3.63) is 78.7 Å². The van der Waals surface area contributed by atoms with Crippen LogP contribution >= 0.6 is 0 Å². The Balaban J connectivity index is 1.79. The molecule has 4 rings (SSSR count). The van der Waals surface area contributed by atoms with Gasteiger partial charge in [-0.05, 0) is 30.2 Å². The van der Waals surface area contributed by atoms with Crippen LogP contribution in [0.4, 0.5) is 0 Å². The lowest BCUT2D eigenvalue weighted by atomic mass is 10.0. The first-order valence-corrected chi connectivity index (χ1v) is 7.32. The van der Waals surface area contributed by atoms with Crippen LogP contribution in [-0.2, 0) is 0 Å². The van der Waals surface area contributed by atoms with E-state index in [1.807, 2.05) is 25.1 Å². The molecule has 2 aromatic heterocycles. The van der Waals surface area contributed by atoms with Gasteiger partial charge in [0.05, 0.1) is 5.69 Å². The maximum absolute atomic E-state index is 5.68. The summed E-state index contributed by atoms with van der Waals surface area (Å²) in [7, 11) is 0. The smallest absolute Gasteiger partial charge is 0.137 e. The van der Waals surface area contributed by atoms with Gasteiger partial charge in [0.25, 0.3) is 0 Å². The predicted octanol–water partition coefficient (Wildman–Crippen LogP) is 5.47. The van der Waals surface area contributed by atoms with E-state index in [0.29, 0.717) is 0 Å². The van der Waals surface area contributed by atoms with E-state index >= 15 is 0 Å². The molecule has 0 spiro atoms. The molecule has 2 aromatic carbocycles. The van der Waals surface area contributed by atoms with Crippen LogP contribution in [0.15, 0.2) is 77.3 Å². The highest BCUT2D eigenvalue weighted by atomic mass is 16.3. The molecule has 0 radical (unpaired) electrons. The number of rotatable bonds is 2. The fourth-order valence-corrected chi connectivity index (χ4v) is 2.77. The zero-order valence-corrected chi connectivity index (χ0v) is 12.3. The van der Waals surface area contributed by atoms with Crippen molar-refractivity contribution in [3.63, 3.8) is 0 Å². The molecule has 0 saturated carbocycles. The zero-order valence-electron chi connectivity index (χ0n) is 12.3. The van der Waals surface area contributed by atoms with Crippen LogP contribution in [0.2, 0.25) is 0 Å². The van der Waals surface area contributed by atoms with Gasteiger partial charge in [0.1, 0.15) is 11.3 Å². The Labute approximate surface area is 129 Å². The molecule has 0 fully saturated rings. The van der Waals surface area contributed by atoms with Crippen LogP contribution < -0.4 is 0 Å². The Morgan fingerprint density at radius 2 is 1.45 bits per heavy atom. The van der Waals surface area contributed by atoms with Crippen LogP contribution in [0.5, 0.6) is 0 Å². The molecule has 0 bridgehead atoms. The molecule has 0 N–H and O–H groups in total. The van der Waals surface area contributed by atoms with Crippen LogP contribution in [0.1, 0.15) is 5.76 Å². The molecule has 0 aliphatic carbocycles. The molecular weight excluding hydrogens is 270 g/mol. The second-order valence-corrected chi connectivity index (χ2v) is 5.37. The standard InChI is InChI=1S/C20H15NO/c1-14-13-18-19(22-14)11-12-21-20(18)17-9-7-16(8-10-17)15-5-3-2-4-6-15/h2-13H,1H3.